The molecule has 0 aliphatic carbocycles. The van der Waals surface area contributed by atoms with Crippen LogP contribution in [0, 0.1) is 6.92 Å². The smallest absolute Gasteiger partial charge is 0.317 e. The van der Waals surface area contributed by atoms with Gasteiger partial charge in [-0.1, -0.05) is 24.3 Å². The molecule has 7 heteroatoms. The summed E-state index contributed by atoms with van der Waals surface area (Å²) in [5, 5.41) is 11.2. The minimum atomic E-state index is -0.0608. The van der Waals surface area contributed by atoms with Crippen LogP contribution in [-0.2, 0) is 17.7 Å². The van der Waals surface area contributed by atoms with Crippen molar-refractivity contribution < 1.29 is 9.53 Å². The first-order valence-corrected chi connectivity index (χ1v) is 10.1. The molecule has 2 heterocycles. The number of nitrogens with zero attached hydrogens (tertiary/aromatic N) is 4. The SMILES string of the molecule is Cc1ccccc1CN(CC1CCCO1)C(=O)NCCc1nncn1C(C)C. The Hall–Kier alpha value is -2.41. The number of amides is 2. The molecule has 0 saturated carbocycles. The van der Waals surface area contributed by atoms with Crippen molar-refractivity contribution in [3.8, 4) is 0 Å². The van der Waals surface area contributed by atoms with Crippen LogP contribution in [0.3, 0.4) is 0 Å². The van der Waals surface area contributed by atoms with E-state index in [2.05, 4.69) is 48.4 Å². The number of aryl methyl sites for hydroxylation is 1. The minimum Gasteiger partial charge on any atom is -0.376 e. The average molecular weight is 386 g/mol. The Morgan fingerprint density at radius 3 is 2.93 bits per heavy atom. The summed E-state index contributed by atoms with van der Waals surface area (Å²) in [5.41, 5.74) is 2.35. The van der Waals surface area contributed by atoms with Gasteiger partial charge >= 0.3 is 6.03 Å². The predicted octanol–water partition coefficient (Wildman–Crippen LogP) is 3.10. The Balaban J connectivity index is 1.60. The summed E-state index contributed by atoms with van der Waals surface area (Å²) in [5.74, 6) is 0.889. The summed E-state index contributed by atoms with van der Waals surface area (Å²) >= 11 is 0. The van der Waals surface area contributed by atoms with E-state index in [0.717, 1.165) is 30.8 Å². The number of benzene rings is 1. The first-order chi connectivity index (χ1) is 13.5. The lowest BCUT2D eigenvalue weighted by Crippen LogP contribution is -2.44. The molecule has 2 amide bonds. The van der Waals surface area contributed by atoms with Crippen LogP contribution in [0.4, 0.5) is 4.79 Å². The molecule has 2 aromatic rings. The predicted molar refractivity (Wildman–Crippen MR) is 108 cm³/mol. The van der Waals surface area contributed by atoms with Crippen LogP contribution >= 0.6 is 0 Å². The maximum absolute atomic E-state index is 12.9. The van der Waals surface area contributed by atoms with Gasteiger partial charge in [-0.3, -0.25) is 0 Å². The Labute approximate surface area is 167 Å². The van der Waals surface area contributed by atoms with Crippen molar-refractivity contribution >= 4 is 6.03 Å². The molecule has 1 saturated heterocycles. The number of hydrogen-bond acceptors (Lipinski definition) is 4. The van der Waals surface area contributed by atoms with Gasteiger partial charge in [0.05, 0.1) is 6.10 Å². The Kier molecular flexibility index (Phi) is 7.03. The third-order valence-corrected chi connectivity index (χ3v) is 5.19. The van der Waals surface area contributed by atoms with E-state index in [1.54, 1.807) is 6.33 Å². The standard InChI is InChI=1S/C21H31N5O2/c1-16(2)26-15-23-24-20(26)10-11-22-21(27)25(14-19-9-6-12-28-19)13-18-8-5-4-7-17(18)3/h4-5,7-8,15-16,19H,6,9-14H2,1-3H3,(H,22,27). The van der Waals surface area contributed by atoms with Gasteiger partial charge in [-0.25, -0.2) is 4.79 Å². The number of carbonyl (C=O) groups is 1. The van der Waals surface area contributed by atoms with E-state index in [-0.39, 0.29) is 12.1 Å². The summed E-state index contributed by atoms with van der Waals surface area (Å²) in [6.07, 6.45) is 4.59. The molecule has 3 rings (SSSR count). The number of ether oxygens (including phenoxy) is 1. The Morgan fingerprint density at radius 1 is 1.39 bits per heavy atom. The molecular weight excluding hydrogens is 354 g/mol. The van der Waals surface area contributed by atoms with Crippen molar-refractivity contribution in [1.29, 1.82) is 0 Å². The fraction of sp³-hybridized carbons (Fsp3) is 0.571. The van der Waals surface area contributed by atoms with E-state index in [4.69, 9.17) is 4.74 Å². The van der Waals surface area contributed by atoms with Crippen molar-refractivity contribution in [1.82, 2.24) is 25.0 Å². The second-order valence-corrected chi connectivity index (χ2v) is 7.67. The maximum Gasteiger partial charge on any atom is 0.317 e. The van der Waals surface area contributed by atoms with Gasteiger partial charge in [-0.15, -0.1) is 10.2 Å². The summed E-state index contributed by atoms with van der Waals surface area (Å²) in [7, 11) is 0. The van der Waals surface area contributed by atoms with Gasteiger partial charge < -0.3 is 19.5 Å². The zero-order valence-corrected chi connectivity index (χ0v) is 17.1. The molecule has 1 unspecified atom stereocenters. The van der Waals surface area contributed by atoms with Crippen LogP contribution in [0.25, 0.3) is 0 Å². The molecule has 1 atom stereocenters. The molecule has 1 N–H and O–H groups in total. The monoisotopic (exact) mass is 385 g/mol. The van der Waals surface area contributed by atoms with E-state index < -0.39 is 0 Å². The van der Waals surface area contributed by atoms with E-state index in [9.17, 15) is 4.79 Å². The van der Waals surface area contributed by atoms with Crippen molar-refractivity contribution in [2.45, 2.75) is 58.7 Å². The van der Waals surface area contributed by atoms with Crippen LogP contribution in [-0.4, -0.2) is 51.5 Å². The second kappa shape index (κ2) is 9.68. The molecule has 7 nitrogen and oxygen atoms in total. The van der Waals surface area contributed by atoms with Gasteiger partial charge in [0.25, 0.3) is 0 Å². The first-order valence-electron chi connectivity index (χ1n) is 10.1. The van der Waals surface area contributed by atoms with Crippen molar-refractivity contribution in [2.24, 2.45) is 0 Å². The molecule has 1 aliphatic heterocycles. The van der Waals surface area contributed by atoms with E-state index in [1.165, 1.54) is 5.56 Å². The summed E-state index contributed by atoms with van der Waals surface area (Å²) in [6.45, 7) is 8.78. The number of nitrogens with one attached hydrogen (secondary N) is 1. The lowest BCUT2D eigenvalue weighted by atomic mass is 10.1. The van der Waals surface area contributed by atoms with Crippen LogP contribution in [0.2, 0.25) is 0 Å². The number of carbonyl (C=O) groups excluding carboxylic acids is 1. The van der Waals surface area contributed by atoms with E-state index >= 15 is 0 Å². The van der Waals surface area contributed by atoms with Gasteiger partial charge in [-0.05, 0) is 44.7 Å². The molecule has 1 fully saturated rings. The van der Waals surface area contributed by atoms with Gasteiger partial charge in [0.2, 0.25) is 0 Å². The Bertz CT molecular complexity index is 768. The van der Waals surface area contributed by atoms with Crippen LogP contribution in [0.1, 0.15) is 49.7 Å². The van der Waals surface area contributed by atoms with Gasteiger partial charge in [-0.2, -0.15) is 0 Å². The number of urea groups is 1. The van der Waals surface area contributed by atoms with Crippen LogP contribution < -0.4 is 5.32 Å². The van der Waals surface area contributed by atoms with Crippen molar-refractivity contribution in [3.05, 3.63) is 47.5 Å². The third-order valence-electron chi connectivity index (χ3n) is 5.19. The zero-order valence-electron chi connectivity index (χ0n) is 17.1. The number of hydrogen-bond donors (Lipinski definition) is 1. The number of rotatable bonds is 8. The van der Waals surface area contributed by atoms with Crippen LogP contribution in [0.15, 0.2) is 30.6 Å². The van der Waals surface area contributed by atoms with Gasteiger partial charge in [0, 0.05) is 38.7 Å². The van der Waals surface area contributed by atoms with Crippen molar-refractivity contribution in [3.63, 3.8) is 0 Å². The summed E-state index contributed by atoms with van der Waals surface area (Å²) in [4.78, 5) is 14.8. The summed E-state index contributed by atoms with van der Waals surface area (Å²) < 4.78 is 7.80. The highest BCUT2D eigenvalue weighted by Gasteiger charge is 2.23. The third kappa shape index (κ3) is 5.32. The maximum atomic E-state index is 12.9. The fourth-order valence-electron chi connectivity index (χ4n) is 3.52. The molecule has 1 aromatic heterocycles. The van der Waals surface area contributed by atoms with Crippen LogP contribution in [0.5, 0.6) is 0 Å². The molecule has 28 heavy (non-hydrogen) atoms. The van der Waals surface area contributed by atoms with E-state index in [1.807, 2.05) is 21.6 Å². The quantitative estimate of drug-likeness (QED) is 0.758. The zero-order chi connectivity index (χ0) is 19.9. The van der Waals surface area contributed by atoms with Gasteiger partial charge in [0.15, 0.2) is 0 Å². The fourth-order valence-corrected chi connectivity index (χ4v) is 3.52. The number of aromatic nitrogens is 3. The average Bonchev–Trinajstić information content (AvgIpc) is 3.34. The Morgan fingerprint density at radius 2 is 2.21 bits per heavy atom. The normalized spacial score (nSPS) is 16.5. The lowest BCUT2D eigenvalue weighted by Gasteiger charge is -2.26. The molecule has 0 bridgehead atoms. The molecule has 152 valence electrons. The molecule has 0 spiro atoms. The topological polar surface area (TPSA) is 72.3 Å². The highest BCUT2D eigenvalue weighted by atomic mass is 16.5. The highest BCUT2D eigenvalue weighted by Crippen LogP contribution is 2.17. The molecular formula is C21H31N5O2. The minimum absolute atomic E-state index is 0.0608. The summed E-state index contributed by atoms with van der Waals surface area (Å²) in [6, 6.07) is 8.44. The van der Waals surface area contributed by atoms with Gasteiger partial charge in [0.1, 0.15) is 12.2 Å². The molecule has 0 radical (unpaired) electrons. The van der Waals surface area contributed by atoms with Crippen molar-refractivity contribution in [2.75, 3.05) is 19.7 Å². The first kappa shape index (κ1) is 20.3. The lowest BCUT2D eigenvalue weighted by molar-refractivity contribution is 0.0794. The largest absolute Gasteiger partial charge is 0.376 e. The van der Waals surface area contributed by atoms with E-state index in [0.29, 0.717) is 32.1 Å². The molecule has 1 aromatic carbocycles. The molecule has 1 aliphatic rings. The second-order valence-electron chi connectivity index (χ2n) is 7.67. The highest BCUT2D eigenvalue weighted by molar-refractivity contribution is 5.74.